The van der Waals surface area contributed by atoms with Crippen LogP contribution in [-0.4, -0.2) is 220 Å². The van der Waals surface area contributed by atoms with Gasteiger partial charge < -0.3 is 175 Å². The van der Waals surface area contributed by atoms with E-state index in [9.17, 15) is 151 Å². The molecule has 0 saturated carbocycles. The number of hydrogen-bond acceptors (Lipinski definition) is 45. The molecule has 1 fully saturated rings. The Labute approximate surface area is 673 Å². The molecule has 122 heavy (non-hydrogen) atoms. The van der Waals surface area contributed by atoms with Gasteiger partial charge in [-0.15, -0.1) is 0 Å². The van der Waals surface area contributed by atoms with Crippen molar-refractivity contribution in [3.05, 3.63) is 183 Å². The zero-order chi connectivity index (χ0) is 89.4. The van der Waals surface area contributed by atoms with Crippen LogP contribution in [0.25, 0.3) is 0 Å². The highest BCUT2D eigenvalue weighted by atomic mass is 16.8. The number of aromatic hydroxyl groups is 24. The molecule has 10 aromatic carbocycles. The molecule has 1 unspecified atom stereocenters. The number of phenols is 24. The number of carbonyl (C=O) groups is 10. The van der Waals surface area contributed by atoms with Gasteiger partial charge in [-0.25, -0.2) is 47.9 Å². The van der Waals surface area contributed by atoms with Crippen molar-refractivity contribution < 1.29 is 223 Å². The van der Waals surface area contributed by atoms with Crippen molar-refractivity contribution in [1.29, 1.82) is 0 Å². The zero-order valence-corrected chi connectivity index (χ0v) is 60.4. The number of phenolic OH excluding ortho intramolecular Hbond substituents is 24. The Morgan fingerprint density at radius 3 is 0.680 bits per heavy atom. The molecule has 0 bridgehead atoms. The summed E-state index contributed by atoms with van der Waals surface area (Å²) >= 11 is 0. The fourth-order valence-electron chi connectivity index (χ4n) is 11.0. The summed E-state index contributed by atoms with van der Waals surface area (Å²) in [7, 11) is 0. The van der Waals surface area contributed by atoms with Crippen molar-refractivity contribution in [3.63, 3.8) is 0 Å². The molecular formula is C77H54O45. The number of hydrogen-bond donors (Lipinski definition) is 24. The second-order valence-corrected chi connectivity index (χ2v) is 25.4. The van der Waals surface area contributed by atoms with Gasteiger partial charge >= 0.3 is 59.7 Å². The Bertz CT molecular complexity index is 5970. The number of aryl methyl sites for hydroxylation is 1. The lowest BCUT2D eigenvalue weighted by molar-refractivity contribution is -0.282. The summed E-state index contributed by atoms with van der Waals surface area (Å²) in [5, 5.41) is 252. The average molecular weight is 1700 g/mol. The van der Waals surface area contributed by atoms with Gasteiger partial charge in [0.05, 0.1) is 55.6 Å². The van der Waals surface area contributed by atoms with Crippen LogP contribution >= 0.6 is 0 Å². The minimum Gasteiger partial charge on any atom is -0.504 e. The standard InChI is InChI=1S/C77H54O45/c1-23-2-24(3-34(78)54(23)92)68(103)113-52-21-33(16-47(91)63(52)101)76(111)122-77-66(121-75(110)32-15-46(90)62(100)51(20-32)117-72(107)28-10-41(85)58(96)42(86)11-28)65(120-74(109)31-14-45(89)61(99)50(19-31)116-71(106)27-8-39(83)57(95)40(84)9-27)64(119-73(108)30-13-44(88)60(98)49(18-30)115-70(105)26-6-37(81)56(94)38(82)7-26)53(118-77)22-112-67(102)29-12-43(87)59(97)48(17-29)114-69(104)25-4-35(79)55(93)36(80)5-25/h2-21,53,64-66,77-101H,22H2,1H3/t53-,64-,65+,66-,77?/m1/s1. The summed E-state index contributed by atoms with van der Waals surface area (Å²) < 4.78 is 60.7. The van der Waals surface area contributed by atoms with Gasteiger partial charge in [0.1, 0.15) is 12.7 Å². The van der Waals surface area contributed by atoms with Crippen LogP contribution in [0.1, 0.15) is 109 Å². The summed E-state index contributed by atoms with van der Waals surface area (Å²) in [5.74, 6) is -53.4. The third-order valence-corrected chi connectivity index (χ3v) is 17.1. The summed E-state index contributed by atoms with van der Waals surface area (Å²) in [6.45, 7) is -0.478. The van der Waals surface area contributed by atoms with E-state index < -0.39 is 319 Å². The summed E-state index contributed by atoms with van der Waals surface area (Å²) in [6, 6.07) is 9.42. The van der Waals surface area contributed by atoms with E-state index in [1.165, 1.54) is 6.92 Å². The van der Waals surface area contributed by atoms with Crippen LogP contribution < -0.4 is 23.7 Å². The van der Waals surface area contributed by atoms with E-state index in [0.717, 1.165) is 6.07 Å². The Morgan fingerprint density at radius 1 is 0.230 bits per heavy atom. The largest absolute Gasteiger partial charge is 0.504 e. The second-order valence-electron chi connectivity index (χ2n) is 25.4. The van der Waals surface area contributed by atoms with Crippen LogP contribution in [0.4, 0.5) is 0 Å². The fourth-order valence-corrected chi connectivity index (χ4v) is 11.0. The Balaban J connectivity index is 1.09. The molecule has 0 aromatic heterocycles. The average Bonchev–Trinajstić information content (AvgIpc) is 0.759. The minimum absolute atomic E-state index is 0.140. The van der Waals surface area contributed by atoms with Crippen LogP contribution in [0.15, 0.2) is 121 Å². The molecule has 0 aliphatic carbocycles. The first-order valence-electron chi connectivity index (χ1n) is 33.5. The van der Waals surface area contributed by atoms with Gasteiger partial charge in [0.2, 0.25) is 41.1 Å². The predicted molar refractivity (Wildman–Crippen MR) is 386 cm³/mol. The number of ether oxygens (including phenoxy) is 11. The molecule has 632 valence electrons. The first-order valence-corrected chi connectivity index (χ1v) is 33.5. The van der Waals surface area contributed by atoms with Gasteiger partial charge in [0.15, 0.2) is 150 Å². The predicted octanol–water partition coefficient (Wildman–Crippen LogP) is 5.44. The molecule has 11 rings (SSSR count). The van der Waals surface area contributed by atoms with Crippen molar-refractivity contribution in [2.45, 2.75) is 37.6 Å². The van der Waals surface area contributed by atoms with Gasteiger partial charge in [0, 0.05) is 0 Å². The maximum atomic E-state index is 15.3. The SMILES string of the molecule is Cc1cc(C(=O)Oc2cc(C(=O)OC3O[C@H](COC(=O)c4cc(O)c(O)c(OC(=O)c5cc(O)c(O)c(O)c5)c4)[C@@H](OC(=O)c4cc(O)c(O)c(OC(=O)c5cc(O)c(O)c(O)c5)c4)[C@H](OC(=O)c4cc(O)c(O)c(OC(=O)c5cc(O)c(O)c(O)c5)c4)[C@H]3OC(=O)c3cc(O)c(O)c(OC(=O)c4cc(O)c(O)c(O)c4)c3)cc(O)c2O)cc(O)c1O. The first-order chi connectivity index (χ1) is 57.4. The third-order valence-electron chi connectivity index (χ3n) is 17.1. The van der Waals surface area contributed by atoms with Crippen LogP contribution in [0.3, 0.4) is 0 Å². The highest BCUT2D eigenvalue weighted by Crippen LogP contribution is 2.47. The van der Waals surface area contributed by atoms with E-state index in [4.69, 9.17) is 52.1 Å². The molecule has 1 aliphatic heterocycles. The lowest BCUT2D eigenvalue weighted by Crippen LogP contribution is -2.63. The molecule has 1 saturated heterocycles. The van der Waals surface area contributed by atoms with Crippen LogP contribution in [0.5, 0.6) is 167 Å². The molecule has 10 aromatic rings. The van der Waals surface area contributed by atoms with E-state index in [-0.39, 0.29) is 5.56 Å². The number of carbonyl (C=O) groups excluding carboxylic acids is 10. The molecule has 45 nitrogen and oxygen atoms in total. The molecule has 0 spiro atoms. The molecule has 24 N–H and O–H groups in total. The first kappa shape index (κ1) is 85.0. The Hall–Kier alpha value is -17.9. The van der Waals surface area contributed by atoms with Crippen LogP contribution in [0, 0.1) is 6.92 Å². The Kier molecular flexibility index (Phi) is 23.3. The molecule has 0 radical (unpaired) electrons. The van der Waals surface area contributed by atoms with Crippen LogP contribution in [0.2, 0.25) is 0 Å². The number of esters is 10. The molecular weight excluding hydrogens is 1640 g/mol. The second kappa shape index (κ2) is 33.5. The molecule has 1 aliphatic rings. The maximum absolute atomic E-state index is 15.3. The van der Waals surface area contributed by atoms with E-state index in [0.29, 0.717) is 115 Å². The van der Waals surface area contributed by atoms with Crippen molar-refractivity contribution in [2.75, 3.05) is 6.61 Å². The van der Waals surface area contributed by atoms with Gasteiger partial charge in [-0.3, -0.25) is 0 Å². The summed E-state index contributed by atoms with van der Waals surface area (Å²) in [4.78, 5) is 143. The summed E-state index contributed by atoms with van der Waals surface area (Å²) in [6.07, 6.45) is -14.9. The normalized spacial score (nSPS) is 14.6. The van der Waals surface area contributed by atoms with Crippen LogP contribution in [-0.2, 0) is 28.4 Å². The highest BCUT2D eigenvalue weighted by molar-refractivity contribution is 6.00. The molecule has 1 heterocycles. The monoisotopic (exact) mass is 1700 g/mol. The van der Waals surface area contributed by atoms with Gasteiger partial charge in [0.25, 0.3) is 0 Å². The van der Waals surface area contributed by atoms with Gasteiger partial charge in [-0.05, 0) is 134 Å². The van der Waals surface area contributed by atoms with Crippen molar-refractivity contribution >= 4 is 59.7 Å². The molecule has 0 amide bonds. The van der Waals surface area contributed by atoms with E-state index in [2.05, 4.69) is 0 Å². The number of rotatable bonds is 21. The lowest BCUT2D eigenvalue weighted by atomic mass is 9.97. The number of benzene rings is 10. The highest BCUT2D eigenvalue weighted by Gasteiger charge is 2.55. The Morgan fingerprint density at radius 2 is 0.426 bits per heavy atom. The van der Waals surface area contributed by atoms with Crippen molar-refractivity contribution in [2.24, 2.45) is 0 Å². The minimum atomic E-state index is -3.09. The molecule has 5 atom stereocenters. The van der Waals surface area contributed by atoms with Crippen molar-refractivity contribution in [3.8, 4) is 167 Å². The van der Waals surface area contributed by atoms with E-state index >= 15 is 19.2 Å². The van der Waals surface area contributed by atoms with E-state index in [1.54, 1.807) is 0 Å². The lowest BCUT2D eigenvalue weighted by Gasteiger charge is -2.43. The maximum Gasteiger partial charge on any atom is 0.343 e. The van der Waals surface area contributed by atoms with Gasteiger partial charge in [-0.1, -0.05) is 0 Å². The van der Waals surface area contributed by atoms with Crippen molar-refractivity contribution in [1.82, 2.24) is 0 Å². The zero-order valence-electron chi connectivity index (χ0n) is 60.4. The quantitative estimate of drug-likeness (QED) is 0.0184. The topological polar surface area (TPSA) is 758 Å². The third kappa shape index (κ3) is 17.6. The smallest absolute Gasteiger partial charge is 0.343 e. The van der Waals surface area contributed by atoms with Gasteiger partial charge in [-0.2, -0.15) is 0 Å². The molecule has 45 heteroatoms. The fraction of sp³-hybridized carbons (Fsp3) is 0.0909. The summed E-state index contributed by atoms with van der Waals surface area (Å²) in [5.41, 5.74) is -9.64. The van der Waals surface area contributed by atoms with E-state index in [1.807, 2.05) is 0 Å².